The highest BCUT2D eigenvalue weighted by Crippen LogP contribution is 2.37. The second-order valence-electron chi connectivity index (χ2n) is 7.58. The monoisotopic (exact) mass is 642 g/mol. The molecule has 0 N–H and O–H groups in total. The van der Waals surface area contributed by atoms with Gasteiger partial charge in [0, 0.05) is 24.9 Å². The van der Waals surface area contributed by atoms with Gasteiger partial charge in [0.05, 0.1) is 24.9 Å². The number of rotatable bonds is 5. The second-order valence-corrected chi connectivity index (χ2v) is 12.6. The minimum atomic E-state index is -4.10. The number of benzene rings is 2. The molecule has 0 unspecified atom stereocenters. The van der Waals surface area contributed by atoms with Crippen molar-refractivity contribution in [2.24, 2.45) is 0 Å². The number of hydrogen-bond donors (Lipinski definition) is 0. The van der Waals surface area contributed by atoms with Gasteiger partial charge in [-0.25, -0.2) is 26.6 Å². The minimum Gasteiger partial charge on any atom is -0.348 e. The van der Waals surface area contributed by atoms with Crippen molar-refractivity contribution in [1.29, 1.82) is 0 Å². The van der Waals surface area contributed by atoms with E-state index in [4.69, 9.17) is 11.6 Å². The van der Waals surface area contributed by atoms with Crippen molar-refractivity contribution < 1.29 is 21.6 Å². The largest absolute Gasteiger partial charge is 0.348 e. The van der Waals surface area contributed by atoms with Crippen molar-refractivity contribution >= 4 is 69.8 Å². The second kappa shape index (κ2) is 9.85. The van der Waals surface area contributed by atoms with Gasteiger partial charge in [0.2, 0.25) is 0 Å². The summed E-state index contributed by atoms with van der Waals surface area (Å²) in [6.07, 6.45) is 0.941. The van der Waals surface area contributed by atoms with E-state index in [1.165, 1.54) is 23.5 Å². The molecule has 0 aliphatic carbocycles. The molecule has 4 nitrogen and oxygen atoms in total. The van der Waals surface area contributed by atoms with Crippen molar-refractivity contribution in [3.63, 3.8) is 0 Å². The van der Waals surface area contributed by atoms with Crippen molar-refractivity contribution in [3.05, 3.63) is 72.3 Å². The fraction of sp³-hybridized carbons (Fsp3) is 0.286. The van der Waals surface area contributed by atoms with Crippen LogP contribution in [0.4, 0.5) is 18.3 Å². The van der Waals surface area contributed by atoms with E-state index < -0.39 is 41.9 Å². The molecule has 1 fully saturated rings. The highest BCUT2D eigenvalue weighted by atomic mass is 79.9. The zero-order valence-corrected chi connectivity index (χ0v) is 22.4. The van der Waals surface area contributed by atoms with E-state index in [0.29, 0.717) is 19.5 Å². The van der Waals surface area contributed by atoms with Crippen LogP contribution in [-0.4, -0.2) is 31.7 Å². The first-order chi connectivity index (χ1) is 15.6. The molecule has 0 spiro atoms. The Balaban J connectivity index is 1.46. The average Bonchev–Trinajstić information content (AvgIpc) is 3.23. The van der Waals surface area contributed by atoms with Crippen LogP contribution < -0.4 is 4.90 Å². The van der Waals surface area contributed by atoms with Crippen molar-refractivity contribution in [2.45, 2.75) is 29.4 Å². The van der Waals surface area contributed by atoms with E-state index in [1.807, 2.05) is 10.3 Å². The van der Waals surface area contributed by atoms with Crippen LogP contribution in [0.1, 0.15) is 24.1 Å². The molecule has 2 aromatic carbocycles. The first-order valence-corrected chi connectivity index (χ1v) is 14.2. The van der Waals surface area contributed by atoms with Gasteiger partial charge in [0.1, 0.15) is 16.5 Å². The minimum absolute atomic E-state index is 0.0630. The summed E-state index contributed by atoms with van der Waals surface area (Å²) < 4.78 is 67.9. The predicted molar refractivity (Wildman–Crippen MR) is 131 cm³/mol. The van der Waals surface area contributed by atoms with Crippen LogP contribution in [-0.2, 0) is 16.3 Å². The third kappa shape index (κ3) is 5.12. The van der Waals surface area contributed by atoms with Gasteiger partial charge in [-0.2, -0.15) is 0 Å². The third-order valence-electron chi connectivity index (χ3n) is 5.42. The van der Waals surface area contributed by atoms with Crippen molar-refractivity contribution in [2.75, 3.05) is 18.0 Å². The maximum absolute atomic E-state index is 14.6. The Morgan fingerprint density at radius 2 is 1.82 bits per heavy atom. The standard InChI is InChI=1S/C21H16Br2ClF3N2O2S2/c22-14-9-17(26)18(23)20(19(14)27)33(30,31)13-3-5-29(6-4-13)21-28-12(10-32-21)7-11-1-2-15(24)16(25)8-11/h1-2,8-10,13H,3-7H2. The van der Waals surface area contributed by atoms with Gasteiger partial charge < -0.3 is 4.90 Å². The molecule has 0 saturated carbocycles. The van der Waals surface area contributed by atoms with Gasteiger partial charge in [-0.05, 0) is 68.5 Å². The summed E-state index contributed by atoms with van der Waals surface area (Å²) in [6, 6.07) is 5.51. The molecule has 0 atom stereocenters. The number of sulfone groups is 1. The lowest BCUT2D eigenvalue weighted by atomic mass is 10.1. The SMILES string of the molecule is O=S(=O)(c1c(F)c(Br)cc(F)c1Br)C1CCN(c2nc(Cc3ccc(Cl)c(F)c3)cs2)CC1. The molecule has 1 aromatic heterocycles. The summed E-state index contributed by atoms with van der Waals surface area (Å²) in [4.78, 5) is 5.91. The Labute approximate surface area is 215 Å². The smallest absolute Gasteiger partial charge is 0.185 e. The number of hydrogen-bond acceptors (Lipinski definition) is 5. The zero-order chi connectivity index (χ0) is 23.9. The first-order valence-electron chi connectivity index (χ1n) is 9.78. The fourth-order valence-corrected chi connectivity index (χ4v) is 8.07. The Morgan fingerprint density at radius 3 is 2.48 bits per heavy atom. The van der Waals surface area contributed by atoms with Gasteiger partial charge in [0.25, 0.3) is 0 Å². The molecule has 12 heteroatoms. The molecule has 0 amide bonds. The van der Waals surface area contributed by atoms with E-state index in [-0.39, 0.29) is 22.3 Å². The zero-order valence-electron chi connectivity index (χ0n) is 16.8. The molecule has 3 aromatic rings. The number of piperidine rings is 1. The van der Waals surface area contributed by atoms with Gasteiger partial charge in [-0.15, -0.1) is 11.3 Å². The lowest BCUT2D eigenvalue weighted by molar-refractivity contribution is 0.512. The number of thiazole rings is 1. The molecular formula is C21H16Br2ClF3N2O2S2. The van der Waals surface area contributed by atoms with Crippen LogP contribution in [0.3, 0.4) is 0 Å². The average molecular weight is 645 g/mol. The topological polar surface area (TPSA) is 50.3 Å². The van der Waals surface area contributed by atoms with Gasteiger partial charge >= 0.3 is 0 Å². The number of anilines is 1. The normalized spacial score (nSPS) is 15.3. The molecule has 1 aliphatic rings. The number of halogens is 6. The summed E-state index contributed by atoms with van der Waals surface area (Å²) in [5.74, 6) is -2.34. The molecular weight excluding hydrogens is 629 g/mol. The van der Waals surface area contributed by atoms with Crippen LogP contribution in [0.2, 0.25) is 5.02 Å². The van der Waals surface area contributed by atoms with Crippen LogP contribution >= 0.6 is 54.8 Å². The van der Waals surface area contributed by atoms with E-state index in [2.05, 4.69) is 36.8 Å². The summed E-state index contributed by atoms with van der Waals surface area (Å²) in [5, 5.41) is 1.83. The molecule has 0 radical (unpaired) electrons. The van der Waals surface area contributed by atoms with E-state index in [0.717, 1.165) is 22.5 Å². The molecule has 4 rings (SSSR count). The van der Waals surface area contributed by atoms with E-state index >= 15 is 0 Å². The van der Waals surface area contributed by atoms with Gasteiger partial charge in [0.15, 0.2) is 20.8 Å². The summed E-state index contributed by atoms with van der Waals surface area (Å²) in [6.45, 7) is 0.810. The first kappa shape index (κ1) is 25.0. The van der Waals surface area contributed by atoms with Gasteiger partial charge in [-0.1, -0.05) is 17.7 Å². The third-order valence-corrected chi connectivity index (χ3v) is 10.6. The molecule has 0 bridgehead atoms. The summed E-state index contributed by atoms with van der Waals surface area (Å²) >= 11 is 12.9. The van der Waals surface area contributed by atoms with Crippen LogP contribution in [0.25, 0.3) is 0 Å². The Hall–Kier alpha value is -1.14. The maximum Gasteiger partial charge on any atom is 0.185 e. The van der Waals surface area contributed by atoms with Crippen LogP contribution in [0, 0.1) is 17.5 Å². The van der Waals surface area contributed by atoms with E-state index in [9.17, 15) is 21.6 Å². The van der Waals surface area contributed by atoms with Crippen molar-refractivity contribution in [1.82, 2.24) is 4.98 Å². The summed E-state index contributed by atoms with van der Waals surface area (Å²) in [5.41, 5.74) is 1.51. The van der Waals surface area contributed by atoms with Crippen LogP contribution in [0.5, 0.6) is 0 Å². The van der Waals surface area contributed by atoms with Gasteiger partial charge in [-0.3, -0.25) is 0 Å². The number of aromatic nitrogens is 1. The highest BCUT2D eigenvalue weighted by Gasteiger charge is 2.37. The quantitative estimate of drug-likeness (QED) is 0.288. The number of nitrogens with zero attached hydrogens (tertiary/aromatic N) is 2. The Morgan fingerprint density at radius 1 is 1.12 bits per heavy atom. The predicted octanol–water partition coefficient (Wildman–Crippen LogP) is 6.77. The molecule has 176 valence electrons. The van der Waals surface area contributed by atoms with Crippen molar-refractivity contribution in [3.8, 4) is 0 Å². The molecule has 1 saturated heterocycles. The van der Waals surface area contributed by atoms with Crippen LogP contribution in [0.15, 0.2) is 43.5 Å². The molecule has 2 heterocycles. The lowest BCUT2D eigenvalue weighted by Gasteiger charge is -2.31. The molecule has 33 heavy (non-hydrogen) atoms. The Bertz CT molecular complexity index is 1290. The molecule has 1 aliphatic heterocycles. The fourth-order valence-electron chi connectivity index (χ4n) is 3.71. The highest BCUT2D eigenvalue weighted by molar-refractivity contribution is 9.11. The van der Waals surface area contributed by atoms with E-state index in [1.54, 1.807) is 6.07 Å². The summed E-state index contributed by atoms with van der Waals surface area (Å²) in [7, 11) is -4.10. The lowest BCUT2D eigenvalue weighted by Crippen LogP contribution is -2.39. The maximum atomic E-state index is 14.6. The Kier molecular flexibility index (Phi) is 7.45.